The third-order valence-electron chi connectivity index (χ3n) is 4.30. The third-order valence-corrected chi connectivity index (χ3v) is 7.23. The Balaban J connectivity index is 1.73. The summed E-state index contributed by atoms with van der Waals surface area (Å²) in [6.07, 6.45) is 1.63. The fraction of sp³-hybridized carbons (Fsp3) is 0.263. The molecule has 0 aliphatic carbocycles. The molecule has 7 nitrogen and oxygen atoms in total. The minimum Gasteiger partial charge on any atom is -0.307 e. The molecule has 2 heterocycles. The molecule has 1 aromatic carbocycles. The first kappa shape index (κ1) is 20.2. The topological polar surface area (TPSA) is 84.3 Å². The number of anilines is 1. The molecular formula is C19H22N4O3S2. The summed E-state index contributed by atoms with van der Waals surface area (Å²) in [5.41, 5.74) is 0.377. The molecule has 0 unspecified atom stereocenters. The van der Waals surface area contributed by atoms with E-state index in [-0.39, 0.29) is 10.8 Å². The number of hydrogen-bond acceptors (Lipinski definition) is 5. The van der Waals surface area contributed by atoms with Crippen LogP contribution in [-0.2, 0) is 16.6 Å². The number of thiophene rings is 1. The van der Waals surface area contributed by atoms with Gasteiger partial charge in [0.05, 0.1) is 17.6 Å². The lowest BCUT2D eigenvalue weighted by atomic mass is 10.2. The third kappa shape index (κ3) is 4.32. The summed E-state index contributed by atoms with van der Waals surface area (Å²) in [6, 6.07) is 11.7. The van der Waals surface area contributed by atoms with Crippen LogP contribution >= 0.6 is 11.3 Å². The molecule has 0 atom stereocenters. The van der Waals surface area contributed by atoms with E-state index in [9.17, 15) is 13.2 Å². The standard InChI is InChI=1S/C19H22N4O3S2/c1-3-22(4-2)28(25,26)17-9-7-15(8-10-17)19(24)21-18-11-12-20-23(18)14-16-6-5-13-27-16/h5-13H,3-4,14H2,1-2H3,(H,21,24). The summed E-state index contributed by atoms with van der Waals surface area (Å²) in [6.45, 7) is 4.95. The van der Waals surface area contributed by atoms with Crippen LogP contribution in [0.15, 0.2) is 58.9 Å². The Morgan fingerprint density at radius 1 is 1.14 bits per heavy atom. The quantitative estimate of drug-likeness (QED) is 0.608. The van der Waals surface area contributed by atoms with Crippen LogP contribution in [0.4, 0.5) is 5.82 Å². The van der Waals surface area contributed by atoms with Crippen LogP contribution < -0.4 is 5.32 Å². The Hall–Kier alpha value is -2.49. The van der Waals surface area contributed by atoms with Crippen molar-refractivity contribution in [3.63, 3.8) is 0 Å². The average molecular weight is 419 g/mol. The van der Waals surface area contributed by atoms with Crippen LogP contribution in [0, 0.1) is 0 Å². The Bertz CT molecular complexity index is 1020. The Morgan fingerprint density at radius 3 is 2.46 bits per heavy atom. The van der Waals surface area contributed by atoms with Crippen LogP contribution in [0.3, 0.4) is 0 Å². The van der Waals surface area contributed by atoms with Gasteiger partial charge in [-0.1, -0.05) is 19.9 Å². The zero-order chi connectivity index (χ0) is 20.1. The van der Waals surface area contributed by atoms with Gasteiger partial charge in [0.25, 0.3) is 5.91 Å². The molecule has 1 amide bonds. The monoisotopic (exact) mass is 418 g/mol. The highest BCUT2D eigenvalue weighted by Gasteiger charge is 2.21. The van der Waals surface area contributed by atoms with Crippen LogP contribution in [0.25, 0.3) is 0 Å². The number of aromatic nitrogens is 2. The molecule has 148 valence electrons. The lowest BCUT2D eigenvalue weighted by Crippen LogP contribution is -2.30. The van der Waals surface area contributed by atoms with E-state index < -0.39 is 10.0 Å². The molecule has 0 radical (unpaired) electrons. The molecule has 0 bridgehead atoms. The molecule has 3 rings (SSSR count). The van der Waals surface area contributed by atoms with Gasteiger partial charge in [0.15, 0.2) is 0 Å². The summed E-state index contributed by atoms with van der Waals surface area (Å²) in [4.78, 5) is 13.9. The number of nitrogens with one attached hydrogen (secondary N) is 1. The number of carbonyl (C=O) groups excluding carboxylic acids is 1. The fourth-order valence-electron chi connectivity index (χ4n) is 2.79. The summed E-state index contributed by atoms with van der Waals surface area (Å²) in [5, 5.41) is 9.07. The van der Waals surface area contributed by atoms with E-state index in [0.29, 0.717) is 31.0 Å². The fourth-order valence-corrected chi connectivity index (χ4v) is 4.94. The second-order valence-corrected chi connectivity index (χ2v) is 8.99. The van der Waals surface area contributed by atoms with E-state index in [2.05, 4.69) is 10.4 Å². The van der Waals surface area contributed by atoms with Crippen LogP contribution in [-0.4, -0.2) is 41.5 Å². The molecule has 0 saturated carbocycles. The van der Waals surface area contributed by atoms with Gasteiger partial charge < -0.3 is 5.32 Å². The molecule has 0 aliphatic rings. The Labute approximate surface area is 168 Å². The lowest BCUT2D eigenvalue weighted by Gasteiger charge is -2.18. The number of rotatable bonds is 8. The summed E-state index contributed by atoms with van der Waals surface area (Å²) >= 11 is 1.62. The van der Waals surface area contributed by atoms with Gasteiger partial charge >= 0.3 is 0 Å². The van der Waals surface area contributed by atoms with Crippen molar-refractivity contribution < 1.29 is 13.2 Å². The predicted octanol–water partition coefficient (Wildman–Crippen LogP) is 3.28. The van der Waals surface area contributed by atoms with Crippen molar-refractivity contribution >= 4 is 33.1 Å². The van der Waals surface area contributed by atoms with Crippen molar-refractivity contribution in [2.24, 2.45) is 0 Å². The van der Waals surface area contributed by atoms with Gasteiger partial charge in [0.1, 0.15) is 5.82 Å². The SMILES string of the molecule is CCN(CC)S(=O)(=O)c1ccc(C(=O)Nc2ccnn2Cc2cccs2)cc1. The van der Waals surface area contributed by atoms with E-state index in [1.54, 1.807) is 42.1 Å². The van der Waals surface area contributed by atoms with Crippen molar-refractivity contribution in [3.05, 3.63) is 64.5 Å². The zero-order valence-electron chi connectivity index (χ0n) is 15.7. The van der Waals surface area contributed by atoms with E-state index in [0.717, 1.165) is 4.88 Å². The Kier molecular flexibility index (Phi) is 6.28. The predicted molar refractivity (Wildman–Crippen MR) is 110 cm³/mol. The average Bonchev–Trinajstić information content (AvgIpc) is 3.35. The van der Waals surface area contributed by atoms with Crippen LogP contribution in [0.2, 0.25) is 0 Å². The van der Waals surface area contributed by atoms with Crippen molar-refractivity contribution in [2.75, 3.05) is 18.4 Å². The van der Waals surface area contributed by atoms with Crippen molar-refractivity contribution in [2.45, 2.75) is 25.3 Å². The minimum absolute atomic E-state index is 0.176. The number of amides is 1. The summed E-state index contributed by atoms with van der Waals surface area (Å²) in [7, 11) is -3.54. The first-order valence-electron chi connectivity index (χ1n) is 8.91. The Morgan fingerprint density at radius 2 is 1.86 bits per heavy atom. The summed E-state index contributed by atoms with van der Waals surface area (Å²) < 4.78 is 28.2. The van der Waals surface area contributed by atoms with E-state index in [4.69, 9.17) is 0 Å². The van der Waals surface area contributed by atoms with Crippen molar-refractivity contribution in [1.82, 2.24) is 14.1 Å². The van der Waals surface area contributed by atoms with Gasteiger partial charge in [-0.25, -0.2) is 13.1 Å². The zero-order valence-corrected chi connectivity index (χ0v) is 17.3. The van der Waals surface area contributed by atoms with Gasteiger partial charge in [0, 0.05) is 29.6 Å². The second kappa shape index (κ2) is 8.68. The first-order chi connectivity index (χ1) is 13.5. The van der Waals surface area contributed by atoms with E-state index >= 15 is 0 Å². The molecule has 28 heavy (non-hydrogen) atoms. The molecule has 1 N–H and O–H groups in total. The number of nitrogens with zero attached hydrogens (tertiary/aromatic N) is 3. The van der Waals surface area contributed by atoms with Crippen molar-refractivity contribution in [3.8, 4) is 0 Å². The largest absolute Gasteiger partial charge is 0.307 e. The van der Waals surface area contributed by atoms with Gasteiger partial charge in [-0.2, -0.15) is 9.40 Å². The number of hydrogen-bond donors (Lipinski definition) is 1. The van der Waals surface area contributed by atoms with Crippen LogP contribution in [0.1, 0.15) is 29.1 Å². The number of benzene rings is 1. The van der Waals surface area contributed by atoms with Crippen molar-refractivity contribution in [1.29, 1.82) is 0 Å². The first-order valence-corrected chi connectivity index (χ1v) is 11.2. The maximum absolute atomic E-state index is 12.6. The normalized spacial score (nSPS) is 11.7. The van der Waals surface area contributed by atoms with Gasteiger partial charge in [0.2, 0.25) is 10.0 Å². The van der Waals surface area contributed by atoms with Gasteiger partial charge in [-0.15, -0.1) is 11.3 Å². The minimum atomic E-state index is -3.54. The van der Waals surface area contributed by atoms with Crippen LogP contribution in [0.5, 0.6) is 0 Å². The molecule has 0 spiro atoms. The van der Waals surface area contributed by atoms with E-state index in [1.807, 2.05) is 17.5 Å². The molecule has 0 fully saturated rings. The summed E-state index contributed by atoms with van der Waals surface area (Å²) in [5.74, 6) is 0.262. The maximum Gasteiger partial charge on any atom is 0.256 e. The second-order valence-electron chi connectivity index (χ2n) is 6.02. The molecule has 2 aromatic heterocycles. The molecule has 9 heteroatoms. The highest BCUT2D eigenvalue weighted by atomic mass is 32.2. The highest BCUT2D eigenvalue weighted by molar-refractivity contribution is 7.89. The highest BCUT2D eigenvalue weighted by Crippen LogP contribution is 2.18. The van der Waals surface area contributed by atoms with Gasteiger partial charge in [-0.05, 0) is 35.7 Å². The van der Waals surface area contributed by atoms with Gasteiger partial charge in [-0.3, -0.25) is 4.79 Å². The molecule has 3 aromatic rings. The molecule has 0 aliphatic heterocycles. The molecular weight excluding hydrogens is 396 g/mol. The molecule has 0 saturated heterocycles. The number of sulfonamides is 1. The lowest BCUT2D eigenvalue weighted by molar-refractivity contribution is 0.102. The smallest absolute Gasteiger partial charge is 0.256 e. The van der Waals surface area contributed by atoms with E-state index in [1.165, 1.54) is 28.6 Å². The number of carbonyl (C=O) groups is 1. The maximum atomic E-state index is 12.6.